The van der Waals surface area contributed by atoms with Gasteiger partial charge in [-0.15, -0.1) is 10.2 Å². The molecule has 0 aliphatic carbocycles. The van der Waals surface area contributed by atoms with Crippen molar-refractivity contribution in [2.24, 2.45) is 0 Å². The van der Waals surface area contributed by atoms with Crippen molar-refractivity contribution < 1.29 is 0 Å². The van der Waals surface area contributed by atoms with E-state index in [-0.39, 0.29) is 0 Å². The Morgan fingerprint density at radius 3 is 2.36 bits per heavy atom. The maximum absolute atomic E-state index is 4.19. The third kappa shape index (κ3) is 1.75. The van der Waals surface area contributed by atoms with Crippen LogP contribution >= 0.6 is 15.9 Å². The van der Waals surface area contributed by atoms with Crippen LogP contribution in [-0.4, -0.2) is 22.3 Å². The summed E-state index contributed by atoms with van der Waals surface area (Å²) in [6.45, 7) is 4.49. The summed E-state index contributed by atoms with van der Waals surface area (Å²) in [7, 11) is 0. The van der Waals surface area contributed by atoms with Crippen LogP contribution in [0.2, 0.25) is 0 Å². The van der Waals surface area contributed by atoms with Crippen molar-refractivity contribution in [2.75, 3.05) is 4.90 Å². The van der Waals surface area contributed by atoms with Gasteiger partial charge in [0.25, 0.3) is 0 Å². The molecule has 1 aliphatic heterocycles. The number of hydrogen-bond acceptors (Lipinski definition) is 3. The number of anilines is 1. The Bertz CT molecular complexity index is 302. The molecule has 0 aromatic carbocycles. The zero-order valence-electron chi connectivity index (χ0n) is 8.44. The lowest BCUT2D eigenvalue weighted by Gasteiger charge is -2.26. The van der Waals surface area contributed by atoms with E-state index in [0.717, 1.165) is 10.4 Å². The third-order valence-electron chi connectivity index (χ3n) is 2.83. The molecule has 1 aromatic rings. The molecule has 3 nitrogen and oxygen atoms in total. The quantitative estimate of drug-likeness (QED) is 0.773. The van der Waals surface area contributed by atoms with E-state index in [1.165, 1.54) is 12.8 Å². The lowest BCUT2D eigenvalue weighted by molar-refractivity contribution is 0.675. The fourth-order valence-electron chi connectivity index (χ4n) is 2.09. The van der Waals surface area contributed by atoms with E-state index in [9.17, 15) is 0 Å². The molecule has 0 spiro atoms. The molecule has 0 radical (unpaired) electrons. The normalized spacial score (nSPS) is 26.9. The second kappa shape index (κ2) is 3.85. The summed E-state index contributed by atoms with van der Waals surface area (Å²) in [6.07, 6.45) is 2.50. The van der Waals surface area contributed by atoms with Crippen molar-refractivity contribution in [3.8, 4) is 0 Å². The first-order chi connectivity index (χ1) is 6.68. The molecule has 1 fully saturated rings. The van der Waals surface area contributed by atoms with Gasteiger partial charge in [0.2, 0.25) is 0 Å². The standard InChI is InChI=1S/C10H14BrN3/c1-7-3-4-8(2)14(7)10-6-5-9(11)12-13-10/h5-8H,3-4H2,1-2H3/t7-,8+. The molecule has 14 heavy (non-hydrogen) atoms. The van der Waals surface area contributed by atoms with Crippen LogP contribution in [0.1, 0.15) is 26.7 Å². The molecule has 1 aliphatic rings. The monoisotopic (exact) mass is 255 g/mol. The molecule has 0 saturated carbocycles. The largest absolute Gasteiger partial charge is 0.350 e. The molecule has 0 bridgehead atoms. The highest BCUT2D eigenvalue weighted by atomic mass is 79.9. The van der Waals surface area contributed by atoms with Crippen LogP contribution < -0.4 is 4.90 Å². The lowest BCUT2D eigenvalue weighted by Crippen LogP contribution is -2.33. The van der Waals surface area contributed by atoms with Gasteiger partial charge in [-0.1, -0.05) is 0 Å². The number of aromatic nitrogens is 2. The highest BCUT2D eigenvalue weighted by Crippen LogP contribution is 2.28. The third-order valence-corrected chi connectivity index (χ3v) is 3.26. The van der Waals surface area contributed by atoms with Crippen LogP contribution in [0.3, 0.4) is 0 Å². The van der Waals surface area contributed by atoms with Gasteiger partial charge in [-0.25, -0.2) is 0 Å². The number of halogens is 1. The van der Waals surface area contributed by atoms with Gasteiger partial charge in [-0.3, -0.25) is 0 Å². The maximum Gasteiger partial charge on any atom is 0.151 e. The minimum atomic E-state index is 0.584. The molecule has 1 aromatic heterocycles. The van der Waals surface area contributed by atoms with Gasteiger partial charge in [-0.05, 0) is 54.8 Å². The maximum atomic E-state index is 4.19. The zero-order valence-corrected chi connectivity index (χ0v) is 10.0. The molecule has 4 heteroatoms. The Morgan fingerprint density at radius 2 is 1.86 bits per heavy atom. The molecular formula is C10H14BrN3. The summed E-state index contributed by atoms with van der Waals surface area (Å²) < 4.78 is 0.792. The topological polar surface area (TPSA) is 29.0 Å². The van der Waals surface area contributed by atoms with Gasteiger partial charge in [-0.2, -0.15) is 0 Å². The fraction of sp³-hybridized carbons (Fsp3) is 0.600. The molecular weight excluding hydrogens is 242 g/mol. The van der Waals surface area contributed by atoms with Crippen molar-refractivity contribution in [2.45, 2.75) is 38.8 Å². The summed E-state index contributed by atoms with van der Waals surface area (Å²) >= 11 is 3.29. The van der Waals surface area contributed by atoms with Crippen LogP contribution in [0.5, 0.6) is 0 Å². The second-order valence-electron chi connectivity index (χ2n) is 3.90. The smallest absolute Gasteiger partial charge is 0.151 e. The van der Waals surface area contributed by atoms with Crippen molar-refractivity contribution >= 4 is 21.7 Å². The molecule has 0 N–H and O–H groups in total. The Kier molecular flexibility index (Phi) is 2.72. The van der Waals surface area contributed by atoms with Crippen LogP contribution in [0, 0.1) is 0 Å². The molecule has 76 valence electrons. The van der Waals surface area contributed by atoms with Crippen molar-refractivity contribution in [1.82, 2.24) is 10.2 Å². The SMILES string of the molecule is C[C@@H]1CC[C@H](C)N1c1ccc(Br)nn1. The van der Waals surface area contributed by atoms with Gasteiger partial charge in [0.1, 0.15) is 4.60 Å². The van der Waals surface area contributed by atoms with Crippen molar-refractivity contribution in [3.63, 3.8) is 0 Å². The van der Waals surface area contributed by atoms with E-state index in [0.29, 0.717) is 12.1 Å². The van der Waals surface area contributed by atoms with Gasteiger partial charge in [0.15, 0.2) is 5.82 Å². The summed E-state index contributed by atoms with van der Waals surface area (Å²) in [4.78, 5) is 2.35. The average molecular weight is 256 g/mol. The van der Waals surface area contributed by atoms with Crippen LogP contribution in [0.4, 0.5) is 5.82 Å². The summed E-state index contributed by atoms with van der Waals surface area (Å²) in [5, 5.41) is 8.21. The van der Waals surface area contributed by atoms with E-state index in [2.05, 4.69) is 44.9 Å². The van der Waals surface area contributed by atoms with Gasteiger partial charge < -0.3 is 4.90 Å². The first-order valence-electron chi connectivity index (χ1n) is 4.96. The van der Waals surface area contributed by atoms with E-state index in [1.807, 2.05) is 12.1 Å². The average Bonchev–Trinajstić information content (AvgIpc) is 2.49. The predicted molar refractivity (Wildman–Crippen MR) is 60.4 cm³/mol. The van der Waals surface area contributed by atoms with E-state index >= 15 is 0 Å². The van der Waals surface area contributed by atoms with Crippen LogP contribution in [0.25, 0.3) is 0 Å². The summed E-state index contributed by atoms with van der Waals surface area (Å²) in [6, 6.07) is 5.14. The second-order valence-corrected chi connectivity index (χ2v) is 4.71. The zero-order chi connectivity index (χ0) is 10.1. The van der Waals surface area contributed by atoms with E-state index in [1.54, 1.807) is 0 Å². The molecule has 0 unspecified atom stereocenters. The van der Waals surface area contributed by atoms with E-state index < -0.39 is 0 Å². The van der Waals surface area contributed by atoms with Gasteiger partial charge >= 0.3 is 0 Å². The molecule has 1 saturated heterocycles. The van der Waals surface area contributed by atoms with Gasteiger partial charge in [0.05, 0.1) is 0 Å². The molecule has 0 amide bonds. The Morgan fingerprint density at radius 1 is 1.21 bits per heavy atom. The number of rotatable bonds is 1. The van der Waals surface area contributed by atoms with Crippen molar-refractivity contribution in [3.05, 3.63) is 16.7 Å². The number of nitrogens with zero attached hydrogens (tertiary/aromatic N) is 3. The minimum Gasteiger partial charge on any atom is -0.350 e. The van der Waals surface area contributed by atoms with Gasteiger partial charge in [0, 0.05) is 12.1 Å². The Labute approximate surface area is 92.7 Å². The number of hydrogen-bond donors (Lipinski definition) is 0. The molecule has 2 rings (SSSR count). The molecule has 2 heterocycles. The molecule has 2 atom stereocenters. The highest BCUT2D eigenvalue weighted by molar-refractivity contribution is 9.10. The lowest BCUT2D eigenvalue weighted by atomic mass is 10.2. The van der Waals surface area contributed by atoms with Crippen LogP contribution in [0.15, 0.2) is 16.7 Å². The highest BCUT2D eigenvalue weighted by Gasteiger charge is 2.28. The van der Waals surface area contributed by atoms with E-state index in [4.69, 9.17) is 0 Å². The summed E-state index contributed by atoms with van der Waals surface area (Å²) in [5.41, 5.74) is 0. The summed E-state index contributed by atoms with van der Waals surface area (Å²) in [5.74, 6) is 0.991. The van der Waals surface area contributed by atoms with Crippen molar-refractivity contribution in [1.29, 1.82) is 0 Å². The Hall–Kier alpha value is -0.640. The Balaban J connectivity index is 2.25. The fourth-order valence-corrected chi connectivity index (χ4v) is 2.30. The minimum absolute atomic E-state index is 0.584. The first-order valence-corrected chi connectivity index (χ1v) is 5.75. The predicted octanol–water partition coefficient (Wildman–Crippen LogP) is 2.62. The van der Waals surface area contributed by atoms with Crippen LogP contribution in [-0.2, 0) is 0 Å². The first kappa shape index (κ1) is 9.90.